The number of fused-ring (bicyclic) bond motifs is 1. The summed E-state index contributed by atoms with van der Waals surface area (Å²) in [5.41, 5.74) is 2.37. The van der Waals surface area contributed by atoms with Crippen molar-refractivity contribution in [2.75, 3.05) is 0 Å². The molecular weight excluding hydrogens is 110 g/mol. The van der Waals surface area contributed by atoms with E-state index in [4.69, 9.17) is 0 Å². The van der Waals surface area contributed by atoms with Gasteiger partial charge in [0.1, 0.15) is 0 Å². The van der Waals surface area contributed by atoms with Crippen molar-refractivity contribution in [3.63, 3.8) is 0 Å². The van der Waals surface area contributed by atoms with Gasteiger partial charge in [0, 0.05) is 12.6 Å². The van der Waals surface area contributed by atoms with Crippen LogP contribution < -0.4 is 0 Å². The maximum atomic E-state index is 4.17. The van der Waals surface area contributed by atoms with Crippen LogP contribution in [0.25, 0.3) is 6.08 Å². The molecule has 2 rings (SSSR count). The summed E-state index contributed by atoms with van der Waals surface area (Å²) < 4.78 is 0. The maximum Gasteiger partial charge on any atom is 0.0519 e. The fourth-order valence-corrected chi connectivity index (χ4v) is 0.987. The molecule has 0 bridgehead atoms. The van der Waals surface area contributed by atoms with Crippen molar-refractivity contribution < 1.29 is 0 Å². The lowest BCUT2D eigenvalue weighted by atomic mass is 10.2. The van der Waals surface area contributed by atoms with Gasteiger partial charge in [-0.05, 0) is 23.8 Å². The van der Waals surface area contributed by atoms with E-state index in [2.05, 4.69) is 17.1 Å². The third-order valence-corrected chi connectivity index (χ3v) is 1.45. The van der Waals surface area contributed by atoms with Crippen molar-refractivity contribution in [3.8, 4) is 0 Å². The maximum absolute atomic E-state index is 4.17. The zero-order valence-electron chi connectivity index (χ0n) is 4.96. The molecule has 9 heavy (non-hydrogen) atoms. The van der Waals surface area contributed by atoms with Gasteiger partial charge in [-0.1, -0.05) is 6.07 Å². The highest BCUT2D eigenvalue weighted by molar-refractivity contribution is 5.54. The predicted octanol–water partition coefficient (Wildman–Crippen LogP) is 1.45. The van der Waals surface area contributed by atoms with Gasteiger partial charge in [-0.2, -0.15) is 0 Å². The van der Waals surface area contributed by atoms with Crippen LogP contribution in [0.15, 0.2) is 18.3 Å². The minimum absolute atomic E-state index is 0.885. The van der Waals surface area contributed by atoms with Gasteiger partial charge in [-0.25, -0.2) is 0 Å². The van der Waals surface area contributed by atoms with E-state index in [1.807, 2.05) is 18.3 Å². The highest BCUT2D eigenvalue weighted by Gasteiger charge is 2.02. The van der Waals surface area contributed by atoms with Gasteiger partial charge >= 0.3 is 0 Å². The molecule has 43 valence electrons. The molecular formula is C8H6N. The standard InChI is InChI=1S/C8H6N/c1-3-7-4-2-6-9-8(7)5-1/h2-4,6H,5H2. The minimum atomic E-state index is 0.885. The molecule has 0 aliphatic heterocycles. The zero-order chi connectivity index (χ0) is 6.10. The Morgan fingerprint density at radius 1 is 1.56 bits per heavy atom. The molecule has 0 saturated carbocycles. The molecule has 1 aliphatic rings. The van der Waals surface area contributed by atoms with E-state index in [-0.39, 0.29) is 0 Å². The number of rotatable bonds is 0. The Morgan fingerprint density at radius 3 is 3.44 bits per heavy atom. The van der Waals surface area contributed by atoms with E-state index in [9.17, 15) is 0 Å². The monoisotopic (exact) mass is 116 g/mol. The van der Waals surface area contributed by atoms with E-state index >= 15 is 0 Å². The van der Waals surface area contributed by atoms with Crippen molar-refractivity contribution in [2.45, 2.75) is 6.42 Å². The average Bonchev–Trinajstić information content (AvgIpc) is 2.33. The van der Waals surface area contributed by atoms with Gasteiger partial charge in [0.15, 0.2) is 0 Å². The number of hydrogen-bond donors (Lipinski definition) is 0. The van der Waals surface area contributed by atoms with Crippen LogP contribution in [0.4, 0.5) is 0 Å². The molecule has 0 aromatic carbocycles. The van der Waals surface area contributed by atoms with E-state index in [1.54, 1.807) is 0 Å². The summed E-state index contributed by atoms with van der Waals surface area (Å²) in [6.45, 7) is 0. The summed E-state index contributed by atoms with van der Waals surface area (Å²) >= 11 is 0. The Bertz CT molecular complexity index is 250. The fraction of sp³-hybridized carbons (Fsp3) is 0.125. The number of pyridine rings is 1. The summed E-state index contributed by atoms with van der Waals surface area (Å²) in [5.74, 6) is 0. The third-order valence-electron chi connectivity index (χ3n) is 1.45. The summed E-state index contributed by atoms with van der Waals surface area (Å²) in [7, 11) is 0. The molecule has 1 aromatic heterocycles. The number of hydrogen-bond acceptors (Lipinski definition) is 1. The molecule has 1 radical (unpaired) electrons. The molecule has 0 unspecified atom stereocenters. The molecule has 0 spiro atoms. The predicted molar refractivity (Wildman–Crippen MR) is 35.6 cm³/mol. The van der Waals surface area contributed by atoms with Gasteiger partial charge in [-0.15, -0.1) is 0 Å². The molecule has 0 atom stereocenters. The molecule has 1 nitrogen and oxygen atoms in total. The van der Waals surface area contributed by atoms with E-state index in [0.29, 0.717) is 0 Å². The van der Waals surface area contributed by atoms with Crippen LogP contribution in [-0.4, -0.2) is 4.98 Å². The van der Waals surface area contributed by atoms with Crippen molar-refractivity contribution in [1.29, 1.82) is 0 Å². The zero-order valence-corrected chi connectivity index (χ0v) is 4.96. The first-order chi connectivity index (χ1) is 4.47. The van der Waals surface area contributed by atoms with Crippen molar-refractivity contribution >= 4 is 6.08 Å². The number of nitrogens with zero attached hydrogens (tertiary/aromatic N) is 1. The summed E-state index contributed by atoms with van der Waals surface area (Å²) in [6, 6.07) is 4.00. The Balaban J connectivity index is 2.63. The van der Waals surface area contributed by atoms with Crippen molar-refractivity contribution in [3.05, 3.63) is 35.7 Å². The number of allylic oxidation sites excluding steroid dienone is 1. The summed E-state index contributed by atoms with van der Waals surface area (Å²) in [4.78, 5) is 4.17. The molecule has 1 heterocycles. The lowest BCUT2D eigenvalue weighted by molar-refractivity contribution is 1.12. The first kappa shape index (κ1) is 4.74. The number of aromatic nitrogens is 1. The highest BCUT2D eigenvalue weighted by atomic mass is 14.7. The molecule has 0 fully saturated rings. The molecule has 0 amide bonds. The SMILES string of the molecule is [C]1=Cc2cccnc2C1. The molecule has 1 aliphatic carbocycles. The van der Waals surface area contributed by atoms with Gasteiger partial charge in [0.05, 0.1) is 5.69 Å². The van der Waals surface area contributed by atoms with E-state index < -0.39 is 0 Å². The van der Waals surface area contributed by atoms with Gasteiger partial charge < -0.3 is 0 Å². The Hall–Kier alpha value is -1.11. The highest BCUT2D eigenvalue weighted by Crippen LogP contribution is 2.14. The van der Waals surface area contributed by atoms with Crippen LogP contribution in [0.2, 0.25) is 0 Å². The van der Waals surface area contributed by atoms with Crippen LogP contribution in [0.3, 0.4) is 0 Å². The first-order valence-corrected chi connectivity index (χ1v) is 2.97. The average molecular weight is 116 g/mol. The molecule has 1 heteroatoms. The van der Waals surface area contributed by atoms with Crippen LogP contribution in [0, 0.1) is 6.08 Å². The Morgan fingerprint density at radius 2 is 2.56 bits per heavy atom. The van der Waals surface area contributed by atoms with Crippen LogP contribution in [-0.2, 0) is 6.42 Å². The summed E-state index contributed by atoms with van der Waals surface area (Å²) in [6.07, 6.45) is 7.79. The topological polar surface area (TPSA) is 12.9 Å². The van der Waals surface area contributed by atoms with Crippen LogP contribution >= 0.6 is 0 Å². The quantitative estimate of drug-likeness (QED) is 0.500. The molecule has 0 saturated heterocycles. The largest absolute Gasteiger partial charge is 0.260 e. The Kier molecular flexibility index (Phi) is 0.890. The van der Waals surface area contributed by atoms with Gasteiger partial charge in [-0.3, -0.25) is 4.98 Å². The fourth-order valence-electron chi connectivity index (χ4n) is 0.987. The summed E-state index contributed by atoms with van der Waals surface area (Å²) in [5, 5.41) is 0. The second kappa shape index (κ2) is 1.69. The van der Waals surface area contributed by atoms with Crippen molar-refractivity contribution in [2.24, 2.45) is 0 Å². The smallest absolute Gasteiger partial charge is 0.0519 e. The normalized spacial score (nSPS) is 13.8. The second-order valence-electron chi connectivity index (χ2n) is 2.06. The Labute approximate surface area is 54.1 Å². The van der Waals surface area contributed by atoms with Crippen LogP contribution in [0.1, 0.15) is 11.3 Å². The van der Waals surface area contributed by atoms with Gasteiger partial charge in [0.2, 0.25) is 0 Å². The first-order valence-electron chi connectivity index (χ1n) is 2.97. The lowest BCUT2D eigenvalue weighted by Crippen LogP contribution is -1.83. The lowest BCUT2D eigenvalue weighted by Gasteiger charge is -1.91. The second-order valence-corrected chi connectivity index (χ2v) is 2.06. The van der Waals surface area contributed by atoms with Crippen LogP contribution in [0.5, 0.6) is 0 Å². The van der Waals surface area contributed by atoms with Gasteiger partial charge in [0.25, 0.3) is 0 Å². The molecule has 1 aromatic rings. The third kappa shape index (κ3) is 0.653. The van der Waals surface area contributed by atoms with E-state index in [0.717, 1.165) is 12.1 Å². The van der Waals surface area contributed by atoms with E-state index in [1.165, 1.54) is 5.56 Å². The molecule has 0 N–H and O–H groups in total. The van der Waals surface area contributed by atoms with Crippen molar-refractivity contribution in [1.82, 2.24) is 4.98 Å². The minimum Gasteiger partial charge on any atom is -0.260 e.